The van der Waals surface area contributed by atoms with Gasteiger partial charge in [-0.15, -0.1) is 0 Å². The van der Waals surface area contributed by atoms with Gasteiger partial charge >= 0.3 is 11.9 Å². The lowest BCUT2D eigenvalue weighted by Gasteiger charge is -2.13. The van der Waals surface area contributed by atoms with Crippen LogP contribution in [0.15, 0.2) is 34.7 Å². The molecule has 0 saturated carbocycles. The molecule has 1 aliphatic heterocycles. The Hall–Kier alpha value is -3.42. The summed E-state index contributed by atoms with van der Waals surface area (Å²) >= 11 is 0. The fourth-order valence-electron chi connectivity index (χ4n) is 2.76. The smallest absolute Gasteiger partial charge is 0.341 e. The number of rotatable bonds is 5. The number of aryl methyl sites for hydroxylation is 1. The summed E-state index contributed by atoms with van der Waals surface area (Å²) in [5, 5.41) is 0. The molecule has 2 aromatic rings. The summed E-state index contributed by atoms with van der Waals surface area (Å²) in [6, 6.07) is 7.45. The first-order valence-electron chi connectivity index (χ1n) is 8.21. The number of carbonyl (C=O) groups is 4. The molecule has 3 rings (SSSR count). The van der Waals surface area contributed by atoms with Crippen molar-refractivity contribution in [1.29, 1.82) is 0 Å². The summed E-state index contributed by atoms with van der Waals surface area (Å²) in [6.45, 7) is 1.46. The van der Waals surface area contributed by atoms with E-state index in [1.54, 1.807) is 6.92 Å². The van der Waals surface area contributed by atoms with Gasteiger partial charge in [-0.1, -0.05) is 0 Å². The first kappa shape index (κ1) is 18.4. The van der Waals surface area contributed by atoms with Gasteiger partial charge in [0.05, 0.1) is 18.4 Å². The Kier molecular flexibility index (Phi) is 5.07. The Balaban J connectivity index is 1.64. The van der Waals surface area contributed by atoms with E-state index in [0.29, 0.717) is 17.2 Å². The highest BCUT2D eigenvalue weighted by Crippen LogP contribution is 2.23. The van der Waals surface area contributed by atoms with Crippen molar-refractivity contribution in [2.75, 3.05) is 12.0 Å². The number of benzene rings is 1. The Morgan fingerprint density at radius 2 is 1.70 bits per heavy atom. The second-order valence-electron chi connectivity index (χ2n) is 5.92. The highest BCUT2D eigenvalue weighted by molar-refractivity contribution is 6.19. The van der Waals surface area contributed by atoms with Crippen molar-refractivity contribution >= 4 is 29.4 Å². The quantitative estimate of drug-likeness (QED) is 0.587. The molecule has 0 unspecified atom stereocenters. The number of ether oxygens (including phenoxy) is 2. The fraction of sp³-hybridized carbons (Fsp3) is 0.263. The summed E-state index contributed by atoms with van der Waals surface area (Å²) in [5.74, 6) is -0.970. The van der Waals surface area contributed by atoms with Crippen LogP contribution in [0.2, 0.25) is 0 Å². The normalized spacial score (nSPS) is 13.8. The predicted octanol–water partition coefficient (Wildman–Crippen LogP) is 2.39. The van der Waals surface area contributed by atoms with Crippen LogP contribution in [0.1, 0.15) is 45.1 Å². The third-order valence-electron chi connectivity index (χ3n) is 4.13. The van der Waals surface area contributed by atoms with Crippen LogP contribution in [0.25, 0.3) is 0 Å². The minimum Gasteiger partial charge on any atom is -0.465 e. The molecule has 0 N–H and O–H groups in total. The second kappa shape index (κ2) is 7.45. The van der Waals surface area contributed by atoms with Crippen LogP contribution in [0.5, 0.6) is 0 Å². The number of imide groups is 1. The summed E-state index contributed by atoms with van der Waals surface area (Å²) in [7, 11) is 1.27. The van der Waals surface area contributed by atoms with Gasteiger partial charge in [0, 0.05) is 12.8 Å². The summed E-state index contributed by atoms with van der Waals surface area (Å²) < 4.78 is 15.2. The monoisotopic (exact) mass is 371 g/mol. The molecule has 1 saturated heterocycles. The molecule has 140 valence electrons. The minimum atomic E-state index is -0.603. The number of hydrogen-bond acceptors (Lipinski definition) is 7. The SMILES string of the molecule is COC(=O)c1cc(COC(=O)c2ccc(N3C(=O)CCC3=O)cc2)oc1C. The zero-order chi connectivity index (χ0) is 19.6. The maximum Gasteiger partial charge on any atom is 0.341 e. The van der Waals surface area contributed by atoms with E-state index < -0.39 is 11.9 Å². The number of furan rings is 1. The number of methoxy groups -OCH3 is 1. The number of carbonyl (C=O) groups excluding carboxylic acids is 4. The van der Waals surface area contributed by atoms with Crippen molar-refractivity contribution in [2.24, 2.45) is 0 Å². The van der Waals surface area contributed by atoms with E-state index in [9.17, 15) is 19.2 Å². The van der Waals surface area contributed by atoms with Crippen LogP contribution in [0, 0.1) is 6.92 Å². The van der Waals surface area contributed by atoms with Gasteiger partial charge in [-0.2, -0.15) is 0 Å². The highest BCUT2D eigenvalue weighted by Gasteiger charge is 2.30. The topological polar surface area (TPSA) is 103 Å². The van der Waals surface area contributed by atoms with Crippen LogP contribution < -0.4 is 4.90 Å². The maximum atomic E-state index is 12.2. The molecule has 0 atom stereocenters. The molecule has 0 aliphatic carbocycles. The highest BCUT2D eigenvalue weighted by atomic mass is 16.5. The van der Waals surface area contributed by atoms with Gasteiger partial charge < -0.3 is 13.9 Å². The lowest BCUT2D eigenvalue weighted by molar-refractivity contribution is -0.121. The number of amides is 2. The van der Waals surface area contributed by atoms with E-state index >= 15 is 0 Å². The number of nitrogens with zero attached hydrogens (tertiary/aromatic N) is 1. The number of anilines is 1. The summed E-state index contributed by atoms with van der Waals surface area (Å²) in [6.07, 6.45) is 0.386. The van der Waals surface area contributed by atoms with Crippen molar-refractivity contribution in [3.63, 3.8) is 0 Å². The van der Waals surface area contributed by atoms with Crippen molar-refractivity contribution in [2.45, 2.75) is 26.4 Å². The zero-order valence-electron chi connectivity index (χ0n) is 14.8. The molecular formula is C19H17NO7. The third-order valence-corrected chi connectivity index (χ3v) is 4.13. The molecule has 1 fully saturated rings. The van der Waals surface area contributed by atoms with Gasteiger partial charge in [0.25, 0.3) is 0 Å². The van der Waals surface area contributed by atoms with E-state index in [4.69, 9.17) is 9.15 Å². The predicted molar refractivity (Wildman–Crippen MR) is 92.1 cm³/mol. The molecule has 8 nitrogen and oxygen atoms in total. The van der Waals surface area contributed by atoms with Gasteiger partial charge in [0.2, 0.25) is 11.8 Å². The van der Waals surface area contributed by atoms with E-state index in [-0.39, 0.29) is 42.4 Å². The van der Waals surface area contributed by atoms with Crippen LogP contribution in [-0.4, -0.2) is 30.9 Å². The first-order valence-corrected chi connectivity index (χ1v) is 8.21. The van der Waals surface area contributed by atoms with Crippen molar-refractivity contribution in [3.05, 3.63) is 53.0 Å². The molecule has 27 heavy (non-hydrogen) atoms. The van der Waals surface area contributed by atoms with E-state index in [2.05, 4.69) is 4.74 Å². The standard InChI is InChI=1S/C19H17NO7/c1-11-15(19(24)25-2)9-14(27-11)10-26-18(23)12-3-5-13(6-4-12)20-16(21)7-8-17(20)22/h3-6,9H,7-8,10H2,1-2H3. The van der Waals surface area contributed by atoms with Crippen molar-refractivity contribution < 1.29 is 33.1 Å². The average molecular weight is 371 g/mol. The molecular weight excluding hydrogens is 354 g/mol. The lowest BCUT2D eigenvalue weighted by atomic mass is 10.2. The van der Waals surface area contributed by atoms with Crippen LogP contribution in [0.4, 0.5) is 5.69 Å². The molecule has 0 spiro atoms. The second-order valence-corrected chi connectivity index (χ2v) is 5.92. The largest absolute Gasteiger partial charge is 0.465 e. The van der Waals surface area contributed by atoms with Gasteiger partial charge in [0.1, 0.15) is 23.7 Å². The molecule has 2 amide bonds. The maximum absolute atomic E-state index is 12.2. The molecule has 0 radical (unpaired) electrons. The first-order chi connectivity index (χ1) is 12.9. The molecule has 0 bridgehead atoms. The van der Waals surface area contributed by atoms with E-state index in [1.165, 1.54) is 37.4 Å². The Morgan fingerprint density at radius 1 is 1.07 bits per heavy atom. The lowest BCUT2D eigenvalue weighted by Crippen LogP contribution is -2.28. The number of hydrogen-bond donors (Lipinski definition) is 0. The molecule has 8 heteroatoms. The molecule has 1 aromatic heterocycles. The Labute approximate surface area is 154 Å². The molecule has 1 aromatic carbocycles. The number of esters is 2. The van der Waals surface area contributed by atoms with Crippen LogP contribution in [-0.2, 0) is 25.7 Å². The van der Waals surface area contributed by atoms with Crippen LogP contribution >= 0.6 is 0 Å². The van der Waals surface area contributed by atoms with Gasteiger partial charge in [-0.3, -0.25) is 14.5 Å². The Bertz CT molecular complexity index is 895. The van der Waals surface area contributed by atoms with Gasteiger partial charge in [-0.05, 0) is 37.3 Å². The molecule has 2 heterocycles. The fourth-order valence-corrected chi connectivity index (χ4v) is 2.76. The zero-order valence-corrected chi connectivity index (χ0v) is 14.8. The van der Waals surface area contributed by atoms with Gasteiger partial charge in [0.15, 0.2) is 0 Å². The summed E-state index contributed by atoms with van der Waals surface area (Å²) in [5.41, 5.74) is 0.950. The molecule has 1 aliphatic rings. The van der Waals surface area contributed by atoms with E-state index in [1.807, 2.05) is 0 Å². The Morgan fingerprint density at radius 3 is 2.30 bits per heavy atom. The van der Waals surface area contributed by atoms with Crippen molar-refractivity contribution in [3.8, 4) is 0 Å². The van der Waals surface area contributed by atoms with Crippen molar-refractivity contribution in [1.82, 2.24) is 0 Å². The van der Waals surface area contributed by atoms with Gasteiger partial charge in [-0.25, -0.2) is 9.59 Å². The minimum absolute atomic E-state index is 0.151. The van der Waals surface area contributed by atoms with E-state index in [0.717, 1.165) is 4.90 Å². The average Bonchev–Trinajstić information content (AvgIpc) is 3.21. The van der Waals surface area contributed by atoms with Crippen LogP contribution in [0.3, 0.4) is 0 Å². The third kappa shape index (κ3) is 3.74. The summed E-state index contributed by atoms with van der Waals surface area (Å²) in [4.78, 5) is 48.3.